The second-order valence-corrected chi connectivity index (χ2v) is 5.70. The lowest BCUT2D eigenvalue weighted by Gasteiger charge is -2.05. The predicted octanol–water partition coefficient (Wildman–Crippen LogP) is 3.34. The zero-order chi connectivity index (χ0) is 16.1. The second-order valence-electron chi connectivity index (χ2n) is 5.27. The summed E-state index contributed by atoms with van der Waals surface area (Å²) in [5, 5.41) is 3.98. The summed E-state index contributed by atoms with van der Waals surface area (Å²) in [5.74, 6) is 0.916. The average molecular weight is 327 g/mol. The van der Waals surface area contributed by atoms with Crippen molar-refractivity contribution >= 4 is 22.5 Å². The van der Waals surface area contributed by atoms with Gasteiger partial charge in [-0.15, -0.1) is 0 Å². The van der Waals surface area contributed by atoms with Gasteiger partial charge in [-0.3, -0.25) is 14.7 Å². The number of aryl methyl sites for hydroxylation is 1. The SMILES string of the molecule is Cc1oc2cccc(=O)c-2c2[nH]n(-c3ccc(Cl)cc3)c(=O)c12. The van der Waals surface area contributed by atoms with Crippen molar-refractivity contribution in [1.29, 1.82) is 0 Å². The molecular weight excluding hydrogens is 316 g/mol. The van der Waals surface area contributed by atoms with Gasteiger partial charge < -0.3 is 4.42 Å². The summed E-state index contributed by atoms with van der Waals surface area (Å²) in [7, 11) is 0. The molecule has 0 bridgehead atoms. The number of fused-ring (bicyclic) bond motifs is 3. The van der Waals surface area contributed by atoms with Crippen molar-refractivity contribution in [2.75, 3.05) is 0 Å². The Kier molecular flexibility index (Phi) is 2.92. The molecule has 0 saturated heterocycles. The highest BCUT2D eigenvalue weighted by molar-refractivity contribution is 6.30. The van der Waals surface area contributed by atoms with Crippen molar-refractivity contribution < 1.29 is 4.42 Å². The zero-order valence-corrected chi connectivity index (χ0v) is 12.8. The predicted molar refractivity (Wildman–Crippen MR) is 88.8 cm³/mol. The van der Waals surface area contributed by atoms with Gasteiger partial charge in [0.2, 0.25) is 0 Å². The molecule has 0 spiro atoms. The molecular formula is C17H11ClN2O3. The highest BCUT2D eigenvalue weighted by Crippen LogP contribution is 2.28. The van der Waals surface area contributed by atoms with Gasteiger partial charge in [0.15, 0.2) is 5.43 Å². The number of nitrogens with one attached hydrogen (secondary N) is 1. The third-order valence-corrected chi connectivity index (χ3v) is 4.08. The fourth-order valence-electron chi connectivity index (χ4n) is 2.78. The van der Waals surface area contributed by atoms with Gasteiger partial charge in [-0.05, 0) is 43.3 Å². The van der Waals surface area contributed by atoms with Crippen LogP contribution < -0.4 is 11.0 Å². The molecule has 0 unspecified atom stereocenters. The molecule has 1 aromatic carbocycles. The van der Waals surface area contributed by atoms with Gasteiger partial charge in [0.05, 0.1) is 16.8 Å². The number of H-pyrrole nitrogens is 1. The van der Waals surface area contributed by atoms with E-state index in [0.29, 0.717) is 38.7 Å². The number of aromatic amines is 1. The molecule has 0 saturated carbocycles. The minimum atomic E-state index is -0.270. The smallest absolute Gasteiger partial charge is 0.282 e. The van der Waals surface area contributed by atoms with Crippen LogP contribution in [0.1, 0.15) is 5.76 Å². The number of rotatable bonds is 1. The van der Waals surface area contributed by atoms with Gasteiger partial charge in [0.25, 0.3) is 5.56 Å². The van der Waals surface area contributed by atoms with Crippen LogP contribution in [-0.4, -0.2) is 9.78 Å². The van der Waals surface area contributed by atoms with Crippen LogP contribution in [0, 0.1) is 6.92 Å². The molecule has 2 heterocycles. The van der Waals surface area contributed by atoms with E-state index in [0.717, 1.165) is 0 Å². The van der Waals surface area contributed by atoms with Crippen molar-refractivity contribution in [3.05, 3.63) is 73.8 Å². The second kappa shape index (κ2) is 4.86. The van der Waals surface area contributed by atoms with Crippen molar-refractivity contribution in [2.45, 2.75) is 6.92 Å². The lowest BCUT2D eigenvalue weighted by atomic mass is 10.1. The third kappa shape index (κ3) is 2.01. The van der Waals surface area contributed by atoms with E-state index < -0.39 is 0 Å². The number of nitrogens with zero attached hydrogens (tertiary/aromatic N) is 1. The summed E-state index contributed by atoms with van der Waals surface area (Å²) in [6.07, 6.45) is 0. The normalized spacial score (nSPS) is 11.4. The summed E-state index contributed by atoms with van der Waals surface area (Å²) in [6.45, 7) is 1.71. The Labute approximate surface area is 135 Å². The Hall–Kier alpha value is -2.79. The summed E-state index contributed by atoms with van der Waals surface area (Å²) in [5.41, 5.74) is 1.02. The van der Waals surface area contributed by atoms with Gasteiger partial charge in [0, 0.05) is 5.02 Å². The maximum absolute atomic E-state index is 12.7. The number of hydrogen-bond acceptors (Lipinski definition) is 3. The fourth-order valence-corrected chi connectivity index (χ4v) is 2.90. The van der Waals surface area contributed by atoms with E-state index in [9.17, 15) is 9.59 Å². The summed E-state index contributed by atoms with van der Waals surface area (Å²) in [6, 6.07) is 11.6. The molecule has 0 fully saturated rings. The molecule has 0 amide bonds. The van der Waals surface area contributed by atoms with Gasteiger partial charge in [0.1, 0.15) is 16.9 Å². The molecule has 2 aliphatic rings. The van der Waals surface area contributed by atoms with Crippen molar-refractivity contribution in [2.24, 2.45) is 0 Å². The summed E-state index contributed by atoms with van der Waals surface area (Å²) >= 11 is 5.89. The van der Waals surface area contributed by atoms with Crippen LogP contribution in [0.15, 0.2) is 56.5 Å². The van der Waals surface area contributed by atoms with Gasteiger partial charge in [-0.1, -0.05) is 17.7 Å². The van der Waals surface area contributed by atoms with E-state index in [1.54, 1.807) is 43.3 Å². The Morgan fingerprint density at radius 1 is 1.09 bits per heavy atom. The van der Waals surface area contributed by atoms with Crippen molar-refractivity contribution in [3.63, 3.8) is 0 Å². The van der Waals surface area contributed by atoms with Gasteiger partial charge in [-0.25, -0.2) is 4.68 Å². The van der Waals surface area contributed by atoms with Crippen LogP contribution in [0.5, 0.6) is 0 Å². The minimum Gasteiger partial charge on any atom is -0.460 e. The number of aromatic nitrogens is 2. The quantitative estimate of drug-likeness (QED) is 0.583. The average Bonchev–Trinajstić information content (AvgIpc) is 2.86. The first-order chi connectivity index (χ1) is 11.1. The Bertz CT molecular complexity index is 1120. The maximum Gasteiger partial charge on any atom is 0.282 e. The van der Waals surface area contributed by atoms with Crippen LogP contribution >= 0.6 is 11.6 Å². The molecule has 1 N–H and O–H groups in total. The number of hydrogen-bond donors (Lipinski definition) is 1. The van der Waals surface area contributed by atoms with E-state index in [1.165, 1.54) is 10.7 Å². The lowest BCUT2D eigenvalue weighted by molar-refractivity contribution is 0.538. The van der Waals surface area contributed by atoms with Crippen LogP contribution in [0.3, 0.4) is 0 Å². The number of benzene rings is 2. The lowest BCUT2D eigenvalue weighted by Crippen LogP contribution is -2.14. The minimum absolute atomic E-state index is 0.194. The molecule has 4 rings (SSSR count). The molecule has 5 nitrogen and oxygen atoms in total. The Morgan fingerprint density at radius 3 is 2.57 bits per heavy atom. The summed E-state index contributed by atoms with van der Waals surface area (Å²) in [4.78, 5) is 24.9. The maximum atomic E-state index is 12.7. The molecule has 0 atom stereocenters. The number of halogens is 1. The topological polar surface area (TPSA) is 68.0 Å². The van der Waals surface area contributed by atoms with E-state index in [1.807, 2.05) is 0 Å². The molecule has 1 aromatic heterocycles. The Morgan fingerprint density at radius 2 is 1.83 bits per heavy atom. The van der Waals surface area contributed by atoms with Crippen LogP contribution in [-0.2, 0) is 0 Å². The highest BCUT2D eigenvalue weighted by atomic mass is 35.5. The van der Waals surface area contributed by atoms with Crippen LogP contribution in [0.25, 0.3) is 27.9 Å². The molecule has 1 aliphatic carbocycles. The largest absolute Gasteiger partial charge is 0.460 e. The standard InChI is InChI=1S/C17H11ClN2O3/c1-9-14-16(15-12(21)3-2-4-13(15)23-9)19-20(17(14)22)11-7-5-10(18)6-8-11/h2-8,19H,1H3. The highest BCUT2D eigenvalue weighted by Gasteiger charge is 2.21. The first-order valence-corrected chi connectivity index (χ1v) is 7.37. The molecule has 2 aromatic rings. The third-order valence-electron chi connectivity index (χ3n) is 3.83. The van der Waals surface area contributed by atoms with Crippen LogP contribution in [0.4, 0.5) is 0 Å². The summed E-state index contributed by atoms with van der Waals surface area (Å²) < 4.78 is 7.03. The van der Waals surface area contributed by atoms with Gasteiger partial charge >= 0.3 is 0 Å². The molecule has 1 aliphatic heterocycles. The van der Waals surface area contributed by atoms with Crippen molar-refractivity contribution in [3.8, 4) is 17.0 Å². The van der Waals surface area contributed by atoms with E-state index >= 15 is 0 Å². The van der Waals surface area contributed by atoms with Crippen molar-refractivity contribution in [1.82, 2.24) is 9.78 Å². The monoisotopic (exact) mass is 326 g/mol. The first-order valence-electron chi connectivity index (χ1n) is 6.99. The zero-order valence-electron chi connectivity index (χ0n) is 12.1. The molecule has 6 heteroatoms. The Balaban J connectivity index is 2.15. The molecule has 0 radical (unpaired) electrons. The van der Waals surface area contributed by atoms with E-state index in [2.05, 4.69) is 5.10 Å². The van der Waals surface area contributed by atoms with E-state index in [4.69, 9.17) is 16.0 Å². The van der Waals surface area contributed by atoms with E-state index in [-0.39, 0.29) is 11.0 Å². The van der Waals surface area contributed by atoms with Crippen LogP contribution in [0.2, 0.25) is 5.02 Å². The first kappa shape index (κ1) is 13.8. The van der Waals surface area contributed by atoms with Gasteiger partial charge in [-0.2, -0.15) is 0 Å². The molecule has 23 heavy (non-hydrogen) atoms. The molecule has 114 valence electrons. The fraction of sp³-hybridized carbons (Fsp3) is 0.0588.